The monoisotopic (exact) mass is 426 g/mol. The van der Waals surface area contributed by atoms with Crippen LogP contribution in [0.25, 0.3) is 0 Å². The lowest BCUT2D eigenvalue weighted by Gasteiger charge is -2.16. The van der Waals surface area contributed by atoms with Crippen LogP contribution in [0.3, 0.4) is 0 Å². The second kappa shape index (κ2) is 16.8. The minimum Gasteiger partial charge on any atom is -0.494 e. The van der Waals surface area contributed by atoms with Gasteiger partial charge in [-0.25, -0.2) is 0 Å². The maximum atomic E-state index is 5.98. The van der Waals surface area contributed by atoms with E-state index >= 15 is 0 Å². The van der Waals surface area contributed by atoms with Gasteiger partial charge >= 0.3 is 0 Å². The molecule has 0 radical (unpaired) electrons. The van der Waals surface area contributed by atoms with Gasteiger partial charge in [0.05, 0.1) is 25.9 Å². The van der Waals surface area contributed by atoms with Gasteiger partial charge in [0.2, 0.25) is 0 Å². The summed E-state index contributed by atoms with van der Waals surface area (Å²) in [6, 6.07) is 18.9. The summed E-state index contributed by atoms with van der Waals surface area (Å²) < 4.78 is 17.7. The van der Waals surface area contributed by atoms with Crippen molar-refractivity contribution < 1.29 is 14.2 Å². The van der Waals surface area contributed by atoms with Crippen LogP contribution in [-0.4, -0.2) is 25.9 Å². The van der Waals surface area contributed by atoms with E-state index < -0.39 is 0 Å². The standard InChI is InChI=1S/C28H42O3/c1-3-5-6-7-8-12-22-30-28-19-17-25(18-20-28)16-13-21-29-24-27(4-2)31-23-26-14-10-9-11-15-26/h9-11,14-15,17-20,27H,3-8,12-13,16,21-24H2,1-2H3/t27-/m1/s1. The molecule has 0 aliphatic carbocycles. The molecule has 1 atom stereocenters. The van der Waals surface area contributed by atoms with Gasteiger partial charge in [0.15, 0.2) is 0 Å². The average molecular weight is 427 g/mol. The van der Waals surface area contributed by atoms with E-state index in [9.17, 15) is 0 Å². The Morgan fingerprint density at radius 1 is 0.710 bits per heavy atom. The predicted octanol–water partition coefficient (Wildman–Crippen LogP) is 7.37. The Labute approximate surface area is 190 Å². The van der Waals surface area contributed by atoms with Gasteiger partial charge in [0.1, 0.15) is 5.75 Å². The highest BCUT2D eigenvalue weighted by Gasteiger charge is 2.07. The van der Waals surface area contributed by atoms with Crippen molar-refractivity contribution in [3.63, 3.8) is 0 Å². The molecule has 0 aliphatic rings. The number of rotatable bonds is 18. The highest BCUT2D eigenvalue weighted by Crippen LogP contribution is 2.15. The molecule has 0 saturated carbocycles. The SMILES string of the molecule is CCCCCCCCOc1ccc(CCCOC[C@@H](CC)OCc2ccccc2)cc1. The molecular weight excluding hydrogens is 384 g/mol. The van der Waals surface area contributed by atoms with Crippen molar-refractivity contribution in [2.75, 3.05) is 19.8 Å². The number of unbranched alkanes of at least 4 members (excludes halogenated alkanes) is 5. The van der Waals surface area contributed by atoms with Crippen molar-refractivity contribution in [3.05, 3.63) is 65.7 Å². The fourth-order valence-electron chi connectivity index (χ4n) is 3.49. The highest BCUT2D eigenvalue weighted by atomic mass is 16.5. The van der Waals surface area contributed by atoms with Crippen LogP contribution < -0.4 is 4.74 Å². The van der Waals surface area contributed by atoms with E-state index in [1.807, 2.05) is 18.2 Å². The lowest BCUT2D eigenvalue weighted by atomic mass is 10.1. The maximum Gasteiger partial charge on any atom is 0.119 e. The van der Waals surface area contributed by atoms with E-state index in [2.05, 4.69) is 50.2 Å². The molecule has 0 unspecified atom stereocenters. The normalized spacial score (nSPS) is 12.1. The third-order valence-corrected chi connectivity index (χ3v) is 5.53. The van der Waals surface area contributed by atoms with Crippen LogP contribution in [0.2, 0.25) is 0 Å². The Morgan fingerprint density at radius 2 is 1.45 bits per heavy atom. The Morgan fingerprint density at radius 3 is 2.19 bits per heavy atom. The van der Waals surface area contributed by atoms with Gasteiger partial charge in [-0.05, 0) is 48.9 Å². The Balaban J connectivity index is 1.51. The molecule has 3 heteroatoms. The van der Waals surface area contributed by atoms with Crippen molar-refractivity contribution in [1.29, 1.82) is 0 Å². The van der Waals surface area contributed by atoms with Gasteiger partial charge < -0.3 is 14.2 Å². The van der Waals surface area contributed by atoms with Crippen molar-refractivity contribution in [1.82, 2.24) is 0 Å². The summed E-state index contributed by atoms with van der Waals surface area (Å²) in [4.78, 5) is 0. The number of hydrogen-bond donors (Lipinski definition) is 0. The van der Waals surface area contributed by atoms with Crippen LogP contribution in [0.15, 0.2) is 54.6 Å². The number of benzene rings is 2. The van der Waals surface area contributed by atoms with E-state index in [1.165, 1.54) is 43.2 Å². The largest absolute Gasteiger partial charge is 0.494 e. The van der Waals surface area contributed by atoms with Gasteiger partial charge in [-0.2, -0.15) is 0 Å². The molecule has 0 aromatic heterocycles. The van der Waals surface area contributed by atoms with Crippen molar-refractivity contribution >= 4 is 0 Å². The first kappa shape index (κ1) is 25.4. The molecule has 0 saturated heterocycles. The molecular formula is C28H42O3. The molecule has 0 aliphatic heterocycles. The van der Waals surface area contributed by atoms with Gasteiger partial charge in [0.25, 0.3) is 0 Å². The summed E-state index contributed by atoms with van der Waals surface area (Å²) in [6.07, 6.45) is 10.9. The Kier molecular flexibility index (Phi) is 13.8. The first-order chi connectivity index (χ1) is 15.3. The first-order valence-corrected chi connectivity index (χ1v) is 12.3. The van der Waals surface area contributed by atoms with Crippen LogP contribution in [0.1, 0.15) is 76.3 Å². The molecule has 0 N–H and O–H groups in total. The maximum absolute atomic E-state index is 5.98. The predicted molar refractivity (Wildman–Crippen MR) is 130 cm³/mol. The Hall–Kier alpha value is -1.84. The third kappa shape index (κ3) is 11.9. The zero-order valence-corrected chi connectivity index (χ0v) is 19.7. The van der Waals surface area contributed by atoms with Crippen LogP contribution in [0.4, 0.5) is 0 Å². The summed E-state index contributed by atoms with van der Waals surface area (Å²) in [5.41, 5.74) is 2.54. The molecule has 172 valence electrons. The van der Waals surface area contributed by atoms with E-state index in [-0.39, 0.29) is 6.10 Å². The van der Waals surface area contributed by atoms with Crippen LogP contribution >= 0.6 is 0 Å². The van der Waals surface area contributed by atoms with Crippen LogP contribution in [-0.2, 0) is 22.5 Å². The summed E-state index contributed by atoms with van der Waals surface area (Å²) >= 11 is 0. The first-order valence-electron chi connectivity index (χ1n) is 12.3. The zero-order valence-electron chi connectivity index (χ0n) is 19.7. The molecule has 0 bridgehead atoms. The molecule has 2 aromatic carbocycles. The topological polar surface area (TPSA) is 27.7 Å². The van der Waals surface area contributed by atoms with Crippen molar-refractivity contribution in [2.45, 2.75) is 84.3 Å². The number of ether oxygens (including phenoxy) is 3. The lowest BCUT2D eigenvalue weighted by molar-refractivity contribution is -0.0265. The molecule has 3 nitrogen and oxygen atoms in total. The molecule has 0 spiro atoms. The fraction of sp³-hybridized carbons (Fsp3) is 0.571. The van der Waals surface area contributed by atoms with Crippen LogP contribution in [0, 0.1) is 0 Å². The molecule has 0 heterocycles. The zero-order chi connectivity index (χ0) is 22.0. The lowest BCUT2D eigenvalue weighted by Crippen LogP contribution is -2.19. The summed E-state index contributed by atoms with van der Waals surface area (Å²) in [7, 11) is 0. The van der Waals surface area contributed by atoms with E-state index in [1.54, 1.807) is 0 Å². The minimum atomic E-state index is 0.156. The average Bonchev–Trinajstić information content (AvgIpc) is 2.82. The Bertz CT molecular complexity index is 654. The summed E-state index contributed by atoms with van der Waals surface area (Å²) in [5.74, 6) is 0.981. The van der Waals surface area contributed by atoms with Gasteiger partial charge in [0, 0.05) is 6.61 Å². The smallest absolute Gasteiger partial charge is 0.119 e. The molecule has 2 rings (SSSR count). The van der Waals surface area contributed by atoms with Crippen LogP contribution in [0.5, 0.6) is 5.75 Å². The van der Waals surface area contributed by atoms with Crippen molar-refractivity contribution in [2.24, 2.45) is 0 Å². The van der Waals surface area contributed by atoms with Crippen molar-refractivity contribution in [3.8, 4) is 5.75 Å². The molecule has 0 fully saturated rings. The number of hydrogen-bond acceptors (Lipinski definition) is 3. The third-order valence-electron chi connectivity index (χ3n) is 5.53. The second-order valence-electron chi connectivity index (χ2n) is 8.27. The van der Waals surface area contributed by atoms with Gasteiger partial charge in [-0.15, -0.1) is 0 Å². The van der Waals surface area contributed by atoms with Gasteiger partial charge in [-0.3, -0.25) is 0 Å². The fourth-order valence-corrected chi connectivity index (χ4v) is 3.49. The van der Waals surface area contributed by atoms with Gasteiger partial charge in [-0.1, -0.05) is 88.4 Å². The van der Waals surface area contributed by atoms with E-state index in [0.29, 0.717) is 13.2 Å². The summed E-state index contributed by atoms with van der Waals surface area (Å²) in [5, 5.41) is 0. The quantitative estimate of drug-likeness (QED) is 0.233. The number of aryl methyl sites for hydroxylation is 1. The van der Waals surface area contributed by atoms with E-state index in [0.717, 1.165) is 44.6 Å². The van der Waals surface area contributed by atoms with E-state index in [4.69, 9.17) is 14.2 Å². The highest BCUT2D eigenvalue weighted by molar-refractivity contribution is 5.27. The molecule has 0 amide bonds. The molecule has 31 heavy (non-hydrogen) atoms. The minimum absolute atomic E-state index is 0.156. The molecule has 2 aromatic rings. The second-order valence-corrected chi connectivity index (χ2v) is 8.27. The summed E-state index contributed by atoms with van der Waals surface area (Å²) in [6.45, 7) is 7.30.